The van der Waals surface area contributed by atoms with Crippen LogP contribution in [-0.4, -0.2) is 18.1 Å². The van der Waals surface area contributed by atoms with E-state index >= 15 is 0 Å². The summed E-state index contributed by atoms with van der Waals surface area (Å²) < 4.78 is 43.9. The molecule has 1 N–H and O–H groups in total. The largest absolute Gasteiger partial charge is 0.491 e. The Morgan fingerprint density at radius 3 is 2.68 bits per heavy atom. The predicted octanol–water partition coefficient (Wildman–Crippen LogP) is 4.37. The molecule has 2 heterocycles. The molecular weight excluding hydrogens is 329 g/mol. The molecule has 0 amide bonds. The number of ether oxygens (including phenoxy) is 1. The third kappa shape index (κ3) is 3.95. The molecular formula is C19H19F3N2O. The van der Waals surface area contributed by atoms with E-state index in [1.165, 1.54) is 12.1 Å². The Morgan fingerprint density at radius 2 is 2.00 bits per heavy atom. The zero-order valence-electron chi connectivity index (χ0n) is 13.9. The first-order valence-electron chi connectivity index (χ1n) is 8.17. The minimum atomic E-state index is -4.34. The highest BCUT2D eigenvalue weighted by atomic mass is 19.4. The number of alkyl halides is 3. The Labute approximate surface area is 144 Å². The summed E-state index contributed by atoms with van der Waals surface area (Å²) in [4.78, 5) is 4.63. The SMILES string of the molecule is C/C=C\NCCc1cc2c(c(-c3ccc(C(F)(F)F)cc3)n1)OCC2. The first kappa shape index (κ1) is 17.3. The van der Waals surface area contributed by atoms with Crippen LogP contribution in [0.3, 0.4) is 0 Å². The average Bonchev–Trinajstić information content (AvgIpc) is 3.06. The van der Waals surface area contributed by atoms with Crippen molar-refractivity contribution in [3.8, 4) is 17.0 Å². The zero-order chi connectivity index (χ0) is 17.9. The molecule has 132 valence electrons. The Bertz CT molecular complexity index is 767. The van der Waals surface area contributed by atoms with Crippen LogP contribution in [0.1, 0.15) is 23.7 Å². The lowest BCUT2D eigenvalue weighted by Crippen LogP contribution is -2.11. The maximum Gasteiger partial charge on any atom is 0.416 e. The van der Waals surface area contributed by atoms with Crippen LogP contribution in [0.25, 0.3) is 11.3 Å². The van der Waals surface area contributed by atoms with Crippen LogP contribution in [0.2, 0.25) is 0 Å². The number of allylic oxidation sites excluding steroid dienone is 1. The van der Waals surface area contributed by atoms with Crippen molar-refractivity contribution in [1.82, 2.24) is 10.3 Å². The van der Waals surface area contributed by atoms with Gasteiger partial charge in [0, 0.05) is 36.2 Å². The molecule has 3 rings (SSSR count). The number of aromatic nitrogens is 1. The van der Waals surface area contributed by atoms with Gasteiger partial charge < -0.3 is 10.1 Å². The molecule has 1 aromatic heterocycles. The van der Waals surface area contributed by atoms with Crippen molar-refractivity contribution in [2.45, 2.75) is 25.9 Å². The van der Waals surface area contributed by atoms with E-state index < -0.39 is 11.7 Å². The maximum atomic E-state index is 12.8. The van der Waals surface area contributed by atoms with Crippen molar-refractivity contribution in [3.63, 3.8) is 0 Å². The molecule has 0 spiro atoms. The smallest absolute Gasteiger partial charge is 0.416 e. The Balaban J connectivity index is 1.90. The number of pyridine rings is 1. The van der Waals surface area contributed by atoms with Crippen LogP contribution in [0.4, 0.5) is 13.2 Å². The molecule has 1 aliphatic rings. The second-order valence-electron chi connectivity index (χ2n) is 5.83. The summed E-state index contributed by atoms with van der Waals surface area (Å²) in [5.74, 6) is 0.685. The third-order valence-corrected chi connectivity index (χ3v) is 4.02. The van der Waals surface area contributed by atoms with Gasteiger partial charge in [0.25, 0.3) is 0 Å². The molecule has 1 aromatic carbocycles. The van der Waals surface area contributed by atoms with E-state index in [0.29, 0.717) is 23.6 Å². The molecule has 3 nitrogen and oxygen atoms in total. The highest BCUT2D eigenvalue weighted by Gasteiger charge is 2.30. The molecule has 0 fully saturated rings. The summed E-state index contributed by atoms with van der Waals surface area (Å²) in [5.41, 5.74) is 2.54. The normalized spacial score (nSPS) is 13.8. The van der Waals surface area contributed by atoms with E-state index in [9.17, 15) is 13.2 Å². The minimum absolute atomic E-state index is 0.574. The van der Waals surface area contributed by atoms with Gasteiger partial charge in [-0.15, -0.1) is 0 Å². The number of hydrogen-bond acceptors (Lipinski definition) is 3. The van der Waals surface area contributed by atoms with Gasteiger partial charge in [0.05, 0.1) is 12.2 Å². The molecule has 6 heteroatoms. The van der Waals surface area contributed by atoms with E-state index in [2.05, 4.69) is 10.3 Å². The molecule has 2 aromatic rings. The quantitative estimate of drug-likeness (QED) is 0.815. The number of benzene rings is 1. The fourth-order valence-corrected chi connectivity index (χ4v) is 2.80. The molecule has 0 radical (unpaired) electrons. The number of rotatable bonds is 5. The number of hydrogen-bond donors (Lipinski definition) is 1. The van der Waals surface area contributed by atoms with E-state index in [1.54, 1.807) is 0 Å². The first-order valence-corrected chi connectivity index (χ1v) is 8.17. The number of nitrogens with zero attached hydrogens (tertiary/aromatic N) is 1. The van der Waals surface area contributed by atoms with E-state index in [4.69, 9.17) is 4.74 Å². The second-order valence-corrected chi connectivity index (χ2v) is 5.83. The van der Waals surface area contributed by atoms with Gasteiger partial charge in [-0.3, -0.25) is 0 Å². The van der Waals surface area contributed by atoms with E-state index in [1.807, 2.05) is 25.3 Å². The standard InChI is InChI=1S/C19H19F3N2O/c1-2-9-23-10-7-16-12-14-8-11-25-18(14)17(24-16)13-3-5-15(6-4-13)19(20,21)22/h2-6,9,12,23H,7-8,10-11H2,1H3/b9-2-. The Morgan fingerprint density at radius 1 is 1.24 bits per heavy atom. The molecule has 25 heavy (non-hydrogen) atoms. The highest BCUT2D eigenvalue weighted by Crippen LogP contribution is 2.37. The van der Waals surface area contributed by atoms with Crippen LogP contribution in [0, 0.1) is 0 Å². The fourth-order valence-electron chi connectivity index (χ4n) is 2.80. The summed E-state index contributed by atoms with van der Waals surface area (Å²) in [6.45, 7) is 3.25. The molecule has 0 atom stereocenters. The van der Waals surface area contributed by atoms with Gasteiger partial charge >= 0.3 is 6.18 Å². The van der Waals surface area contributed by atoms with Crippen LogP contribution in [-0.2, 0) is 19.0 Å². The van der Waals surface area contributed by atoms with Gasteiger partial charge in [0.15, 0.2) is 0 Å². The minimum Gasteiger partial charge on any atom is -0.491 e. The monoisotopic (exact) mass is 348 g/mol. The van der Waals surface area contributed by atoms with Gasteiger partial charge in [0.2, 0.25) is 0 Å². The Kier molecular flexibility index (Phi) is 4.97. The molecule has 0 bridgehead atoms. The van der Waals surface area contributed by atoms with Gasteiger partial charge in [-0.1, -0.05) is 18.2 Å². The number of fused-ring (bicyclic) bond motifs is 1. The van der Waals surface area contributed by atoms with Crippen LogP contribution >= 0.6 is 0 Å². The summed E-state index contributed by atoms with van der Waals surface area (Å²) >= 11 is 0. The fraction of sp³-hybridized carbons (Fsp3) is 0.316. The molecule has 0 saturated heterocycles. The van der Waals surface area contributed by atoms with Gasteiger partial charge in [-0.25, -0.2) is 4.98 Å². The third-order valence-electron chi connectivity index (χ3n) is 4.02. The molecule has 0 saturated carbocycles. The maximum absolute atomic E-state index is 12.8. The first-order chi connectivity index (χ1) is 12.0. The number of halogens is 3. The van der Waals surface area contributed by atoms with Crippen LogP contribution in [0.5, 0.6) is 5.75 Å². The molecule has 0 unspecified atom stereocenters. The topological polar surface area (TPSA) is 34.2 Å². The van der Waals surface area contributed by atoms with Crippen molar-refractivity contribution in [1.29, 1.82) is 0 Å². The van der Waals surface area contributed by atoms with Crippen molar-refractivity contribution >= 4 is 0 Å². The predicted molar refractivity (Wildman–Crippen MR) is 90.4 cm³/mol. The second kappa shape index (κ2) is 7.17. The zero-order valence-corrected chi connectivity index (χ0v) is 13.9. The molecule has 0 aliphatic carbocycles. The summed E-state index contributed by atoms with van der Waals surface area (Å²) in [7, 11) is 0. The van der Waals surface area contributed by atoms with Gasteiger partial charge in [-0.05, 0) is 31.3 Å². The van der Waals surface area contributed by atoms with Crippen LogP contribution in [0.15, 0.2) is 42.6 Å². The lowest BCUT2D eigenvalue weighted by Gasteiger charge is -2.12. The van der Waals surface area contributed by atoms with Gasteiger partial charge in [0.1, 0.15) is 11.4 Å². The molecule has 1 aliphatic heterocycles. The summed E-state index contributed by atoms with van der Waals surface area (Å²) in [6.07, 6.45) is 0.960. The average molecular weight is 348 g/mol. The Hall–Kier alpha value is -2.50. The summed E-state index contributed by atoms with van der Waals surface area (Å²) in [6, 6.07) is 7.09. The van der Waals surface area contributed by atoms with Crippen LogP contribution < -0.4 is 10.1 Å². The van der Waals surface area contributed by atoms with E-state index in [0.717, 1.165) is 42.8 Å². The van der Waals surface area contributed by atoms with E-state index in [-0.39, 0.29) is 0 Å². The van der Waals surface area contributed by atoms with Crippen molar-refractivity contribution < 1.29 is 17.9 Å². The van der Waals surface area contributed by atoms with Crippen molar-refractivity contribution in [2.24, 2.45) is 0 Å². The lowest BCUT2D eigenvalue weighted by atomic mass is 10.0. The summed E-state index contributed by atoms with van der Waals surface area (Å²) in [5, 5.41) is 3.16. The lowest BCUT2D eigenvalue weighted by molar-refractivity contribution is -0.137. The van der Waals surface area contributed by atoms with Gasteiger partial charge in [-0.2, -0.15) is 13.2 Å². The van der Waals surface area contributed by atoms with Crippen molar-refractivity contribution in [2.75, 3.05) is 13.2 Å². The number of nitrogens with one attached hydrogen (secondary N) is 1. The van der Waals surface area contributed by atoms with Crippen molar-refractivity contribution in [3.05, 3.63) is 59.4 Å². The highest BCUT2D eigenvalue weighted by molar-refractivity contribution is 5.69.